The number of rotatable bonds is 10. The van der Waals surface area contributed by atoms with Crippen LogP contribution in [0, 0.1) is 5.92 Å². The number of hydrogen-bond acceptors (Lipinski definition) is 3. The molecule has 0 aliphatic carbocycles. The minimum atomic E-state index is 0.678. The van der Waals surface area contributed by atoms with E-state index in [1.165, 1.54) is 15.7 Å². The van der Waals surface area contributed by atoms with Crippen molar-refractivity contribution in [1.82, 2.24) is 5.32 Å². The van der Waals surface area contributed by atoms with E-state index in [2.05, 4.69) is 65.1 Å². The molecule has 0 bridgehead atoms. The second-order valence-corrected chi connectivity index (χ2v) is 6.43. The van der Waals surface area contributed by atoms with Crippen LogP contribution in [0.2, 0.25) is 0 Å². The molecule has 120 valence electrons. The third-order valence-electron chi connectivity index (χ3n) is 3.36. The van der Waals surface area contributed by atoms with E-state index in [0.29, 0.717) is 5.92 Å². The molecule has 1 aromatic rings. The Morgan fingerprint density at radius 3 is 2.62 bits per heavy atom. The summed E-state index contributed by atoms with van der Waals surface area (Å²) in [6.45, 7) is 14.1. The van der Waals surface area contributed by atoms with Crippen LogP contribution in [-0.4, -0.2) is 32.8 Å². The third-order valence-corrected chi connectivity index (χ3v) is 4.10. The first kappa shape index (κ1) is 18.5. The molecular formula is C17H29BrN2O. The van der Waals surface area contributed by atoms with Crippen molar-refractivity contribution in [2.75, 3.05) is 37.7 Å². The van der Waals surface area contributed by atoms with E-state index in [-0.39, 0.29) is 0 Å². The first-order valence-electron chi connectivity index (χ1n) is 7.90. The van der Waals surface area contributed by atoms with Crippen LogP contribution in [0.1, 0.15) is 33.3 Å². The van der Waals surface area contributed by atoms with Crippen LogP contribution in [0.4, 0.5) is 5.69 Å². The number of ether oxygens (including phenoxy) is 1. The van der Waals surface area contributed by atoms with Gasteiger partial charge in [-0.05, 0) is 44.0 Å². The number of benzene rings is 1. The Kier molecular flexibility index (Phi) is 8.97. The molecule has 1 N–H and O–H groups in total. The third kappa shape index (κ3) is 6.81. The van der Waals surface area contributed by atoms with Crippen LogP contribution in [0.3, 0.4) is 0 Å². The summed E-state index contributed by atoms with van der Waals surface area (Å²) in [6, 6.07) is 6.62. The van der Waals surface area contributed by atoms with E-state index < -0.39 is 0 Å². The van der Waals surface area contributed by atoms with E-state index >= 15 is 0 Å². The lowest BCUT2D eigenvalue weighted by Gasteiger charge is -2.24. The zero-order chi connectivity index (χ0) is 15.7. The van der Waals surface area contributed by atoms with Gasteiger partial charge in [0, 0.05) is 36.4 Å². The van der Waals surface area contributed by atoms with Crippen molar-refractivity contribution in [3.05, 3.63) is 28.2 Å². The molecule has 3 nitrogen and oxygen atoms in total. The largest absolute Gasteiger partial charge is 0.380 e. The minimum Gasteiger partial charge on any atom is -0.380 e. The fourth-order valence-corrected chi connectivity index (χ4v) is 2.67. The predicted octanol–water partition coefficient (Wildman–Crippen LogP) is 4.06. The quantitative estimate of drug-likeness (QED) is 0.639. The van der Waals surface area contributed by atoms with Gasteiger partial charge in [-0.1, -0.05) is 35.8 Å². The molecule has 21 heavy (non-hydrogen) atoms. The molecule has 0 aromatic heterocycles. The standard InChI is InChI=1S/C17H29BrN2O/c1-5-20(9-10-21-6-2)16-8-7-15(17(18)11-16)13-19-12-14(3)4/h7-8,11,14,19H,5-6,9-10,12-13H2,1-4H3. The molecule has 0 aliphatic heterocycles. The maximum atomic E-state index is 5.45. The second kappa shape index (κ2) is 10.2. The van der Waals surface area contributed by atoms with Gasteiger partial charge in [0.25, 0.3) is 0 Å². The Hall–Kier alpha value is -0.580. The van der Waals surface area contributed by atoms with Crippen LogP contribution in [0.25, 0.3) is 0 Å². The summed E-state index contributed by atoms with van der Waals surface area (Å²) in [5.41, 5.74) is 2.55. The fraction of sp³-hybridized carbons (Fsp3) is 0.647. The highest BCUT2D eigenvalue weighted by atomic mass is 79.9. The molecule has 0 spiro atoms. The van der Waals surface area contributed by atoms with Crippen molar-refractivity contribution < 1.29 is 4.74 Å². The molecule has 1 rings (SSSR count). The molecule has 0 amide bonds. The maximum absolute atomic E-state index is 5.45. The summed E-state index contributed by atoms with van der Waals surface area (Å²) in [5, 5.41) is 3.48. The van der Waals surface area contributed by atoms with Crippen LogP contribution < -0.4 is 10.2 Å². The van der Waals surface area contributed by atoms with Gasteiger partial charge >= 0.3 is 0 Å². The molecule has 0 saturated carbocycles. The smallest absolute Gasteiger partial charge is 0.0641 e. The van der Waals surface area contributed by atoms with E-state index in [0.717, 1.165) is 39.4 Å². The van der Waals surface area contributed by atoms with Gasteiger partial charge in [0.15, 0.2) is 0 Å². The molecule has 0 radical (unpaired) electrons. The van der Waals surface area contributed by atoms with Crippen LogP contribution in [-0.2, 0) is 11.3 Å². The molecule has 0 heterocycles. The average Bonchev–Trinajstić information content (AvgIpc) is 2.45. The normalized spacial score (nSPS) is 11.1. The molecule has 0 fully saturated rings. The van der Waals surface area contributed by atoms with Crippen LogP contribution in [0.5, 0.6) is 0 Å². The number of nitrogens with one attached hydrogen (secondary N) is 1. The van der Waals surface area contributed by atoms with Gasteiger partial charge in [-0.3, -0.25) is 0 Å². The first-order valence-corrected chi connectivity index (χ1v) is 8.69. The van der Waals surface area contributed by atoms with Crippen LogP contribution in [0.15, 0.2) is 22.7 Å². The molecule has 1 aromatic carbocycles. The molecule has 0 saturated heterocycles. The fourth-order valence-electron chi connectivity index (χ4n) is 2.16. The SMILES string of the molecule is CCOCCN(CC)c1ccc(CNCC(C)C)c(Br)c1. The summed E-state index contributed by atoms with van der Waals surface area (Å²) in [4.78, 5) is 2.34. The van der Waals surface area contributed by atoms with Gasteiger partial charge in [-0.25, -0.2) is 0 Å². The topological polar surface area (TPSA) is 24.5 Å². The lowest BCUT2D eigenvalue weighted by molar-refractivity contribution is 0.154. The summed E-state index contributed by atoms with van der Waals surface area (Å²) in [5.74, 6) is 0.678. The summed E-state index contributed by atoms with van der Waals surface area (Å²) in [6.07, 6.45) is 0. The average molecular weight is 357 g/mol. The highest BCUT2D eigenvalue weighted by molar-refractivity contribution is 9.10. The van der Waals surface area contributed by atoms with Gasteiger partial charge in [-0.2, -0.15) is 0 Å². The molecular weight excluding hydrogens is 328 g/mol. The highest BCUT2D eigenvalue weighted by Gasteiger charge is 2.07. The van der Waals surface area contributed by atoms with Crippen molar-refractivity contribution in [3.63, 3.8) is 0 Å². The van der Waals surface area contributed by atoms with Crippen molar-refractivity contribution in [3.8, 4) is 0 Å². The molecule has 0 unspecified atom stereocenters. The Balaban J connectivity index is 2.62. The predicted molar refractivity (Wildman–Crippen MR) is 95.1 cm³/mol. The monoisotopic (exact) mass is 356 g/mol. The molecule has 4 heteroatoms. The second-order valence-electron chi connectivity index (χ2n) is 5.58. The van der Waals surface area contributed by atoms with E-state index in [4.69, 9.17) is 4.74 Å². The van der Waals surface area contributed by atoms with E-state index in [1.54, 1.807) is 0 Å². The van der Waals surface area contributed by atoms with Crippen molar-refractivity contribution >= 4 is 21.6 Å². The van der Waals surface area contributed by atoms with Gasteiger partial charge in [0.05, 0.1) is 6.61 Å². The van der Waals surface area contributed by atoms with Gasteiger partial charge in [0.1, 0.15) is 0 Å². The Labute approximate surface area is 138 Å². The zero-order valence-electron chi connectivity index (χ0n) is 13.8. The van der Waals surface area contributed by atoms with Crippen molar-refractivity contribution in [2.24, 2.45) is 5.92 Å². The maximum Gasteiger partial charge on any atom is 0.0641 e. The first-order chi connectivity index (χ1) is 10.1. The van der Waals surface area contributed by atoms with E-state index in [1.807, 2.05) is 6.92 Å². The Morgan fingerprint density at radius 1 is 1.29 bits per heavy atom. The van der Waals surface area contributed by atoms with Gasteiger partial charge in [-0.15, -0.1) is 0 Å². The summed E-state index contributed by atoms with van der Waals surface area (Å²) in [7, 11) is 0. The lowest BCUT2D eigenvalue weighted by Crippen LogP contribution is -2.27. The number of hydrogen-bond donors (Lipinski definition) is 1. The summed E-state index contributed by atoms with van der Waals surface area (Å²) >= 11 is 3.70. The minimum absolute atomic E-state index is 0.678. The highest BCUT2D eigenvalue weighted by Crippen LogP contribution is 2.24. The van der Waals surface area contributed by atoms with Gasteiger partial charge < -0.3 is 15.0 Å². The number of nitrogens with zero attached hydrogens (tertiary/aromatic N) is 1. The van der Waals surface area contributed by atoms with Crippen molar-refractivity contribution in [2.45, 2.75) is 34.2 Å². The number of anilines is 1. The lowest BCUT2D eigenvalue weighted by atomic mass is 10.1. The zero-order valence-corrected chi connectivity index (χ0v) is 15.4. The Morgan fingerprint density at radius 2 is 2.05 bits per heavy atom. The molecule has 0 atom stereocenters. The number of likely N-dealkylation sites (N-methyl/N-ethyl adjacent to an activating group) is 1. The van der Waals surface area contributed by atoms with E-state index in [9.17, 15) is 0 Å². The number of halogens is 1. The summed E-state index contributed by atoms with van der Waals surface area (Å²) < 4.78 is 6.63. The van der Waals surface area contributed by atoms with Crippen molar-refractivity contribution in [1.29, 1.82) is 0 Å². The van der Waals surface area contributed by atoms with Crippen LogP contribution >= 0.6 is 15.9 Å². The Bertz CT molecular complexity index is 410. The molecule has 0 aliphatic rings. The van der Waals surface area contributed by atoms with Gasteiger partial charge in [0.2, 0.25) is 0 Å².